The van der Waals surface area contributed by atoms with Gasteiger partial charge in [0, 0.05) is 0 Å². The summed E-state index contributed by atoms with van der Waals surface area (Å²) in [6, 6.07) is 0. The van der Waals surface area contributed by atoms with Gasteiger partial charge >= 0.3 is 149 Å². The number of fused-ring (bicyclic) bond motifs is 1. The second-order valence-corrected chi connectivity index (χ2v) is 11.6. The van der Waals surface area contributed by atoms with Crippen molar-refractivity contribution in [3.05, 3.63) is 10.4 Å². The van der Waals surface area contributed by atoms with Crippen molar-refractivity contribution in [2.45, 2.75) is 45.3 Å². The Kier molecular flexibility index (Phi) is 9.68. The van der Waals surface area contributed by atoms with Crippen molar-refractivity contribution in [3.8, 4) is 0 Å². The van der Waals surface area contributed by atoms with E-state index >= 15 is 0 Å². The number of aromatic nitrogens is 2. The summed E-state index contributed by atoms with van der Waals surface area (Å²) in [5.41, 5.74) is 5.41. The topological polar surface area (TPSA) is 181 Å². The first-order valence-electron chi connectivity index (χ1n) is 10.2. The number of aromatic amines is 1. The fourth-order valence-corrected chi connectivity index (χ4v) is 4.27. The number of hydrogen-bond donors (Lipinski definition) is 6. The SMILES string of the molecule is CCN(CC)CC.CN1CN([C@@H]2O[C@H](COP(O)(O)=[Se])[C@@H](O)[C@H]2O)c2nc(N)[nH]c(=O)c21. The molecule has 184 valence electrons. The van der Waals surface area contributed by atoms with E-state index in [0.29, 0.717) is 0 Å². The van der Waals surface area contributed by atoms with Gasteiger partial charge in [0.1, 0.15) is 0 Å². The van der Waals surface area contributed by atoms with Gasteiger partial charge in [-0.3, -0.25) is 0 Å². The van der Waals surface area contributed by atoms with E-state index in [9.17, 15) is 24.8 Å². The van der Waals surface area contributed by atoms with Gasteiger partial charge in [0.25, 0.3) is 0 Å². The molecule has 0 bridgehead atoms. The molecule has 0 radical (unpaired) electrons. The standard InChI is InChI=1S/C11H18N5O7PSe.C6H15N/c1-15-3-16(8-5(15)9(19)14-11(12)13-8)10-7(18)6(17)4(23-10)2-22-24(20,21)25;1-4-7(5-2)6-3/h4,6-7,10,17-18H,2-3H2,1H3,(H2,20,21,25)(H3,12,13,14,19);4-6H2,1-3H3/t4-,6-,7-,10-;/m1./s1. The van der Waals surface area contributed by atoms with Gasteiger partial charge in [-0.1, -0.05) is 20.8 Å². The van der Waals surface area contributed by atoms with Crippen molar-refractivity contribution in [1.29, 1.82) is 0 Å². The number of nitrogens with one attached hydrogen (secondary N) is 1. The molecule has 2 aliphatic rings. The summed E-state index contributed by atoms with van der Waals surface area (Å²) in [4.78, 5) is 42.5. The Morgan fingerprint density at radius 2 is 1.88 bits per heavy atom. The van der Waals surface area contributed by atoms with Crippen LogP contribution < -0.4 is 21.1 Å². The monoisotopic (exact) mass is 544 g/mol. The molecular formula is C17H33N6O7PSe. The maximum atomic E-state index is 12.1. The summed E-state index contributed by atoms with van der Waals surface area (Å²) >= 11 is 2.09. The number of hydrogen-bond acceptors (Lipinski definition) is 12. The van der Waals surface area contributed by atoms with E-state index in [4.69, 9.17) is 15.0 Å². The van der Waals surface area contributed by atoms with Crippen LogP contribution in [0.3, 0.4) is 0 Å². The van der Waals surface area contributed by atoms with Crippen molar-refractivity contribution in [2.24, 2.45) is 0 Å². The Balaban J connectivity index is 0.000000451. The first-order chi connectivity index (χ1) is 14.9. The Morgan fingerprint density at radius 1 is 1.28 bits per heavy atom. The number of nitrogens with two attached hydrogens (primary N) is 1. The molecule has 3 heterocycles. The molecule has 0 aromatic carbocycles. The molecule has 0 saturated carbocycles. The van der Waals surface area contributed by atoms with Gasteiger partial charge in [0.2, 0.25) is 0 Å². The number of ether oxygens (including phenoxy) is 1. The van der Waals surface area contributed by atoms with Crippen LogP contribution in [0.25, 0.3) is 0 Å². The number of nitrogens with zero attached hydrogens (tertiary/aromatic N) is 4. The van der Waals surface area contributed by atoms with Crippen molar-refractivity contribution in [2.75, 3.05) is 55.5 Å². The molecule has 1 aromatic rings. The summed E-state index contributed by atoms with van der Waals surface area (Å²) in [5, 5.41) is 20.4. The van der Waals surface area contributed by atoms with Crippen LogP contribution in [-0.2, 0) is 9.26 Å². The van der Waals surface area contributed by atoms with Gasteiger partial charge in [-0.05, 0) is 19.6 Å². The summed E-state index contributed by atoms with van der Waals surface area (Å²) in [6.45, 7) is 9.96. The van der Waals surface area contributed by atoms with Gasteiger partial charge in [0.05, 0.1) is 0 Å². The van der Waals surface area contributed by atoms with E-state index < -0.39 is 36.3 Å². The average molecular weight is 543 g/mol. The van der Waals surface area contributed by atoms with Gasteiger partial charge in [-0.25, -0.2) is 0 Å². The minimum atomic E-state index is -3.63. The van der Waals surface area contributed by atoms with E-state index in [1.807, 2.05) is 0 Å². The average Bonchev–Trinajstić information content (AvgIpc) is 3.18. The zero-order valence-electron chi connectivity index (χ0n) is 18.6. The molecule has 3 rings (SSSR count). The predicted molar refractivity (Wildman–Crippen MR) is 122 cm³/mol. The summed E-state index contributed by atoms with van der Waals surface area (Å²) in [5.74, 6) is 0.130. The first kappa shape index (κ1) is 27.2. The Bertz CT molecular complexity index is 861. The first-order valence-corrected chi connectivity index (χ1v) is 14.1. The molecule has 0 unspecified atom stereocenters. The van der Waals surface area contributed by atoms with E-state index in [1.165, 1.54) is 24.5 Å². The summed E-state index contributed by atoms with van der Waals surface area (Å²) < 4.78 is 10.4. The number of H-pyrrole nitrogens is 1. The van der Waals surface area contributed by atoms with E-state index in [1.54, 1.807) is 11.9 Å². The molecule has 1 saturated heterocycles. The Hall–Kier alpha value is -1.05. The molecule has 0 aliphatic carbocycles. The Morgan fingerprint density at radius 3 is 2.38 bits per heavy atom. The number of nitrogen functional groups attached to an aromatic ring is 1. The number of aliphatic hydroxyl groups is 2. The van der Waals surface area contributed by atoms with Crippen LogP contribution in [0.5, 0.6) is 0 Å². The van der Waals surface area contributed by atoms with Gasteiger partial charge in [0.15, 0.2) is 0 Å². The van der Waals surface area contributed by atoms with Crippen LogP contribution in [0.15, 0.2) is 4.79 Å². The van der Waals surface area contributed by atoms with Crippen LogP contribution in [0.2, 0.25) is 0 Å². The van der Waals surface area contributed by atoms with Gasteiger partial charge in [-0.15, -0.1) is 0 Å². The van der Waals surface area contributed by atoms with E-state index in [0.717, 1.165) is 0 Å². The van der Waals surface area contributed by atoms with E-state index in [-0.39, 0.29) is 30.7 Å². The molecule has 15 heteroatoms. The molecule has 4 atom stereocenters. The normalized spacial score (nSPS) is 25.2. The summed E-state index contributed by atoms with van der Waals surface area (Å²) in [6.07, 6.45) is -8.31. The molecule has 0 amide bonds. The quantitative estimate of drug-likeness (QED) is 0.168. The molecule has 32 heavy (non-hydrogen) atoms. The van der Waals surface area contributed by atoms with Crippen LogP contribution in [0.1, 0.15) is 20.8 Å². The second-order valence-electron chi connectivity index (χ2n) is 7.38. The third-order valence-corrected chi connectivity index (χ3v) is 6.45. The van der Waals surface area contributed by atoms with Crippen molar-refractivity contribution in [1.82, 2.24) is 14.9 Å². The zero-order valence-corrected chi connectivity index (χ0v) is 21.2. The van der Waals surface area contributed by atoms with Crippen LogP contribution in [0.4, 0.5) is 17.5 Å². The Labute approximate surface area is 194 Å². The molecule has 0 spiro atoms. The molecule has 2 aliphatic heterocycles. The van der Waals surface area contributed by atoms with Crippen LogP contribution in [-0.4, -0.2) is 114 Å². The molecule has 1 aromatic heterocycles. The third-order valence-electron chi connectivity index (χ3n) is 5.31. The molecule has 13 nitrogen and oxygen atoms in total. The third kappa shape index (κ3) is 6.51. The summed E-state index contributed by atoms with van der Waals surface area (Å²) in [7, 11) is 1.66. The second kappa shape index (κ2) is 11.4. The number of rotatable bonds is 7. The fourth-order valence-electron chi connectivity index (χ4n) is 3.55. The van der Waals surface area contributed by atoms with Crippen molar-refractivity contribution < 1.29 is 29.3 Å². The van der Waals surface area contributed by atoms with Crippen molar-refractivity contribution in [3.63, 3.8) is 0 Å². The van der Waals surface area contributed by atoms with E-state index in [2.05, 4.69) is 50.7 Å². The minimum absolute atomic E-state index is 0.0892. The molecule has 1 fully saturated rings. The van der Waals surface area contributed by atoms with Crippen LogP contribution >= 0.6 is 6.19 Å². The molecular weight excluding hydrogens is 510 g/mol. The van der Waals surface area contributed by atoms with Crippen LogP contribution in [0, 0.1) is 0 Å². The number of aliphatic hydroxyl groups excluding tert-OH is 2. The molecule has 7 N–H and O–H groups in total. The fraction of sp³-hybridized carbons (Fsp3) is 0.765. The maximum absolute atomic E-state index is 12.1. The zero-order chi connectivity index (χ0) is 24.2. The van der Waals surface area contributed by atoms with Gasteiger partial charge < -0.3 is 4.90 Å². The number of anilines is 3. The van der Waals surface area contributed by atoms with Crippen molar-refractivity contribution >= 4 is 38.7 Å². The van der Waals surface area contributed by atoms with Gasteiger partial charge in [-0.2, -0.15) is 0 Å². The predicted octanol–water partition coefficient (Wildman–Crippen LogP) is -1.79.